The minimum Gasteiger partial charge on any atom is -0.489 e. The van der Waals surface area contributed by atoms with E-state index < -0.39 is 16.1 Å². The summed E-state index contributed by atoms with van der Waals surface area (Å²) in [6.07, 6.45) is 0. The van der Waals surface area contributed by atoms with Crippen molar-refractivity contribution in [1.29, 1.82) is 0 Å². The van der Waals surface area contributed by atoms with E-state index in [0.29, 0.717) is 30.3 Å². The van der Waals surface area contributed by atoms with E-state index in [9.17, 15) is 18.0 Å². The number of aryl methyl sites for hydroxylation is 1. The lowest BCUT2D eigenvalue weighted by Crippen LogP contribution is -2.36. The Bertz CT molecular complexity index is 987. The van der Waals surface area contributed by atoms with Gasteiger partial charge in [0.15, 0.2) is 0 Å². The minimum absolute atomic E-state index is 0.00544. The van der Waals surface area contributed by atoms with Crippen LogP contribution in [0.3, 0.4) is 0 Å². The number of sulfonamides is 1. The van der Waals surface area contributed by atoms with Crippen molar-refractivity contribution in [2.45, 2.75) is 18.7 Å². The molecular formula is C18H19N3O5S. The molecule has 2 aromatic carbocycles. The van der Waals surface area contributed by atoms with E-state index in [2.05, 4.69) is 5.32 Å². The number of carbonyl (C=O) groups excluding carboxylic acids is 2. The average molecular weight is 389 g/mol. The number of carbonyl (C=O) groups is 2. The van der Waals surface area contributed by atoms with E-state index in [-0.39, 0.29) is 10.8 Å². The van der Waals surface area contributed by atoms with Crippen molar-refractivity contribution in [3.63, 3.8) is 0 Å². The number of benzene rings is 2. The highest BCUT2D eigenvalue weighted by Gasteiger charge is 2.22. The number of nitrogens with zero attached hydrogens (tertiary/aromatic N) is 1. The van der Waals surface area contributed by atoms with Gasteiger partial charge in [-0.2, -0.15) is 0 Å². The first-order valence-corrected chi connectivity index (χ1v) is 9.70. The summed E-state index contributed by atoms with van der Waals surface area (Å²) in [7, 11) is -3.98. The largest absolute Gasteiger partial charge is 0.489 e. The first-order valence-electron chi connectivity index (χ1n) is 8.22. The number of amides is 3. The van der Waals surface area contributed by atoms with Gasteiger partial charge in [0.05, 0.1) is 17.1 Å². The highest BCUT2D eigenvalue weighted by molar-refractivity contribution is 7.90. The zero-order chi connectivity index (χ0) is 19.6. The third kappa shape index (κ3) is 4.20. The van der Waals surface area contributed by atoms with Crippen LogP contribution >= 0.6 is 0 Å². The molecule has 0 aromatic heterocycles. The van der Waals surface area contributed by atoms with E-state index in [1.807, 2.05) is 11.6 Å². The maximum absolute atomic E-state index is 12.3. The van der Waals surface area contributed by atoms with E-state index in [4.69, 9.17) is 4.74 Å². The van der Waals surface area contributed by atoms with Crippen LogP contribution in [0.4, 0.5) is 16.2 Å². The Hall–Kier alpha value is -3.07. The Morgan fingerprint density at radius 1 is 1.11 bits per heavy atom. The van der Waals surface area contributed by atoms with E-state index in [1.165, 1.54) is 19.1 Å². The Morgan fingerprint density at radius 2 is 1.81 bits per heavy atom. The van der Waals surface area contributed by atoms with Gasteiger partial charge in [-0.05, 0) is 31.2 Å². The standard InChI is InChI=1S/C18H19N3O5S/c1-12-3-6-15(7-4-12)27(24,25)20-18(23)19-14-5-8-16-17(11-14)26-10-9-21(16)13(2)22/h3-8,11H,9-10H2,1-2H3,(H2,19,20,23). The van der Waals surface area contributed by atoms with Crippen molar-refractivity contribution in [1.82, 2.24) is 4.72 Å². The van der Waals surface area contributed by atoms with E-state index in [0.717, 1.165) is 5.56 Å². The summed E-state index contributed by atoms with van der Waals surface area (Å²) in [5.74, 6) is 0.331. The molecule has 0 atom stereocenters. The fourth-order valence-electron chi connectivity index (χ4n) is 2.68. The number of ether oxygens (including phenoxy) is 1. The van der Waals surface area contributed by atoms with Crippen LogP contribution in [0.1, 0.15) is 12.5 Å². The van der Waals surface area contributed by atoms with Gasteiger partial charge >= 0.3 is 6.03 Å². The molecule has 2 N–H and O–H groups in total. The number of anilines is 2. The third-order valence-electron chi connectivity index (χ3n) is 4.02. The van der Waals surface area contributed by atoms with Crippen LogP contribution in [0.15, 0.2) is 47.4 Å². The lowest BCUT2D eigenvalue weighted by molar-refractivity contribution is -0.116. The molecule has 3 amide bonds. The van der Waals surface area contributed by atoms with Gasteiger partial charge in [-0.3, -0.25) is 4.79 Å². The maximum Gasteiger partial charge on any atom is 0.333 e. The topological polar surface area (TPSA) is 105 Å². The van der Waals surface area contributed by atoms with Gasteiger partial charge in [0.2, 0.25) is 5.91 Å². The number of rotatable bonds is 3. The van der Waals surface area contributed by atoms with Crippen molar-refractivity contribution in [2.75, 3.05) is 23.4 Å². The second-order valence-corrected chi connectivity index (χ2v) is 7.76. The summed E-state index contributed by atoms with van der Waals surface area (Å²) >= 11 is 0. The number of hydrogen-bond donors (Lipinski definition) is 2. The summed E-state index contributed by atoms with van der Waals surface area (Å²) in [6, 6.07) is 10.0. The fourth-order valence-corrected chi connectivity index (χ4v) is 3.59. The van der Waals surface area contributed by atoms with E-state index in [1.54, 1.807) is 35.2 Å². The van der Waals surface area contributed by atoms with Crippen molar-refractivity contribution < 1.29 is 22.7 Å². The van der Waals surface area contributed by atoms with Gasteiger partial charge < -0.3 is 15.0 Å². The Balaban J connectivity index is 1.73. The second kappa shape index (κ2) is 7.28. The molecule has 0 saturated carbocycles. The molecule has 0 bridgehead atoms. The molecule has 2 aromatic rings. The molecule has 8 nitrogen and oxygen atoms in total. The van der Waals surface area contributed by atoms with Gasteiger partial charge in [0, 0.05) is 18.7 Å². The molecule has 0 spiro atoms. The first-order chi connectivity index (χ1) is 12.8. The van der Waals surface area contributed by atoms with Crippen LogP contribution in [-0.4, -0.2) is 33.5 Å². The zero-order valence-electron chi connectivity index (χ0n) is 14.9. The van der Waals surface area contributed by atoms with Gasteiger partial charge in [-0.25, -0.2) is 17.9 Å². The summed E-state index contributed by atoms with van der Waals surface area (Å²) in [6.45, 7) is 4.08. The van der Waals surface area contributed by atoms with Crippen LogP contribution in [0, 0.1) is 6.92 Å². The highest BCUT2D eigenvalue weighted by Crippen LogP contribution is 2.34. The van der Waals surface area contributed by atoms with Crippen LogP contribution in [0.5, 0.6) is 5.75 Å². The smallest absolute Gasteiger partial charge is 0.333 e. The fraction of sp³-hybridized carbons (Fsp3) is 0.222. The zero-order valence-corrected chi connectivity index (χ0v) is 15.7. The summed E-state index contributed by atoms with van der Waals surface area (Å²) in [4.78, 5) is 25.3. The molecule has 1 aliphatic rings. The number of hydrogen-bond acceptors (Lipinski definition) is 5. The molecule has 0 fully saturated rings. The molecule has 0 radical (unpaired) electrons. The highest BCUT2D eigenvalue weighted by atomic mass is 32.2. The van der Waals surface area contributed by atoms with Gasteiger partial charge in [0.1, 0.15) is 12.4 Å². The predicted octanol–water partition coefficient (Wildman–Crippen LogP) is 2.25. The summed E-state index contributed by atoms with van der Waals surface area (Å²) in [5, 5.41) is 2.46. The van der Waals surface area contributed by atoms with Crippen molar-refractivity contribution in [2.24, 2.45) is 0 Å². The Labute approximate surface area is 157 Å². The number of urea groups is 1. The second-order valence-electron chi connectivity index (χ2n) is 6.07. The lowest BCUT2D eigenvalue weighted by Gasteiger charge is -2.28. The molecule has 27 heavy (non-hydrogen) atoms. The first kappa shape index (κ1) is 18.7. The summed E-state index contributed by atoms with van der Waals surface area (Å²) < 4.78 is 32.0. The van der Waals surface area contributed by atoms with Crippen LogP contribution in [0.25, 0.3) is 0 Å². The number of nitrogens with one attached hydrogen (secondary N) is 2. The van der Waals surface area contributed by atoms with Crippen LogP contribution in [0.2, 0.25) is 0 Å². The third-order valence-corrected chi connectivity index (χ3v) is 5.37. The quantitative estimate of drug-likeness (QED) is 0.838. The van der Waals surface area contributed by atoms with Crippen molar-refractivity contribution in [3.05, 3.63) is 48.0 Å². The normalized spacial score (nSPS) is 13.3. The molecule has 142 valence electrons. The molecule has 0 aliphatic carbocycles. The molecule has 0 saturated heterocycles. The van der Waals surface area contributed by atoms with Gasteiger partial charge in [-0.1, -0.05) is 17.7 Å². The Morgan fingerprint density at radius 3 is 2.48 bits per heavy atom. The molecule has 1 heterocycles. The van der Waals surface area contributed by atoms with Crippen LogP contribution < -0.4 is 19.7 Å². The monoisotopic (exact) mass is 389 g/mol. The van der Waals surface area contributed by atoms with Crippen molar-refractivity contribution >= 4 is 33.3 Å². The van der Waals surface area contributed by atoms with Gasteiger partial charge in [-0.15, -0.1) is 0 Å². The molecular weight excluding hydrogens is 370 g/mol. The molecule has 0 unspecified atom stereocenters. The van der Waals surface area contributed by atoms with E-state index >= 15 is 0 Å². The number of fused-ring (bicyclic) bond motifs is 1. The van der Waals surface area contributed by atoms with Crippen LogP contribution in [-0.2, 0) is 14.8 Å². The maximum atomic E-state index is 12.3. The van der Waals surface area contributed by atoms with Crippen molar-refractivity contribution in [3.8, 4) is 5.75 Å². The minimum atomic E-state index is -3.98. The molecule has 1 aliphatic heterocycles. The van der Waals surface area contributed by atoms with Gasteiger partial charge in [0.25, 0.3) is 10.0 Å². The predicted molar refractivity (Wildman–Crippen MR) is 100 cm³/mol. The average Bonchev–Trinajstić information content (AvgIpc) is 2.60. The molecule has 3 rings (SSSR count). The summed E-state index contributed by atoms with van der Waals surface area (Å²) in [5.41, 5.74) is 1.86. The lowest BCUT2D eigenvalue weighted by atomic mass is 10.2. The molecule has 9 heteroatoms. The Kier molecular flexibility index (Phi) is 5.04. The SMILES string of the molecule is CC(=O)N1CCOc2cc(NC(=O)NS(=O)(=O)c3ccc(C)cc3)ccc21.